The number of benzene rings is 3. The van der Waals surface area contributed by atoms with Crippen LogP contribution in [0.3, 0.4) is 0 Å². The summed E-state index contributed by atoms with van der Waals surface area (Å²) in [5.41, 5.74) is 1.81. The van der Waals surface area contributed by atoms with Crippen molar-refractivity contribution in [2.75, 3.05) is 19.0 Å². The molecule has 0 bridgehead atoms. The highest BCUT2D eigenvalue weighted by molar-refractivity contribution is 5.99. The molecule has 0 fully saturated rings. The molecule has 30 heavy (non-hydrogen) atoms. The first-order valence-electron chi connectivity index (χ1n) is 9.52. The molecule has 0 aliphatic rings. The van der Waals surface area contributed by atoms with Crippen LogP contribution in [0, 0.1) is 0 Å². The fraction of sp³-hybridized carbons (Fsp3) is 0.208. The van der Waals surface area contributed by atoms with E-state index in [1.165, 1.54) is 6.92 Å². The molecule has 154 valence electrons. The van der Waals surface area contributed by atoms with Gasteiger partial charge in [-0.1, -0.05) is 24.3 Å². The Labute approximate surface area is 174 Å². The van der Waals surface area contributed by atoms with E-state index in [0.29, 0.717) is 11.3 Å². The van der Waals surface area contributed by atoms with E-state index in [-0.39, 0.29) is 18.3 Å². The Bertz CT molecular complexity index is 1090. The Kier molecular flexibility index (Phi) is 6.47. The summed E-state index contributed by atoms with van der Waals surface area (Å²) in [6.07, 6.45) is 0. The van der Waals surface area contributed by atoms with Gasteiger partial charge in [0.15, 0.2) is 12.4 Å². The normalized spacial score (nSPS) is 11.6. The van der Waals surface area contributed by atoms with Gasteiger partial charge in [0, 0.05) is 18.2 Å². The van der Waals surface area contributed by atoms with E-state index in [0.717, 1.165) is 22.1 Å². The minimum atomic E-state index is -0.508. The van der Waals surface area contributed by atoms with Crippen molar-refractivity contribution in [3.05, 3.63) is 71.8 Å². The molecule has 3 aromatic rings. The van der Waals surface area contributed by atoms with E-state index in [2.05, 4.69) is 5.32 Å². The largest absolute Gasteiger partial charge is 0.497 e. The summed E-state index contributed by atoms with van der Waals surface area (Å²) in [5.74, 6) is -0.704. The number of carbonyl (C=O) groups excluding carboxylic acids is 3. The first-order chi connectivity index (χ1) is 14.4. The highest BCUT2D eigenvalue weighted by Gasteiger charge is 2.19. The predicted molar refractivity (Wildman–Crippen MR) is 115 cm³/mol. The van der Waals surface area contributed by atoms with Gasteiger partial charge in [-0.2, -0.15) is 0 Å². The van der Waals surface area contributed by atoms with Crippen LogP contribution >= 0.6 is 0 Å². The summed E-state index contributed by atoms with van der Waals surface area (Å²) in [6.45, 7) is 2.82. The van der Waals surface area contributed by atoms with Crippen LogP contribution in [0.25, 0.3) is 10.8 Å². The number of rotatable bonds is 7. The predicted octanol–water partition coefficient (Wildman–Crippen LogP) is 4.34. The number of esters is 1. The summed E-state index contributed by atoms with van der Waals surface area (Å²) in [4.78, 5) is 35.8. The Morgan fingerprint density at radius 3 is 2.27 bits per heavy atom. The summed E-state index contributed by atoms with van der Waals surface area (Å²) < 4.78 is 10.5. The van der Waals surface area contributed by atoms with Crippen LogP contribution in [0.15, 0.2) is 60.7 Å². The number of fused-ring (bicyclic) bond motifs is 1. The van der Waals surface area contributed by atoms with E-state index in [1.54, 1.807) is 38.3 Å². The summed E-state index contributed by atoms with van der Waals surface area (Å²) in [6, 6.07) is 17.9. The zero-order chi connectivity index (χ0) is 21.7. The topological polar surface area (TPSA) is 81.7 Å². The standard InChI is InChI=1S/C24H23NO5/c1-15(18-4-5-20-13-22(29-3)11-8-19(20)12-18)24(28)30-14-23(27)17-6-9-21(10-7-17)25-16(2)26/h4-13,15H,14H2,1-3H3,(H,25,26)/t15-/m0/s1. The molecule has 0 spiro atoms. The quantitative estimate of drug-likeness (QED) is 0.467. The third kappa shape index (κ3) is 5.03. The number of nitrogens with one attached hydrogen (secondary N) is 1. The van der Waals surface area contributed by atoms with Crippen molar-refractivity contribution >= 4 is 34.1 Å². The summed E-state index contributed by atoms with van der Waals surface area (Å²) in [7, 11) is 1.62. The second-order valence-electron chi connectivity index (χ2n) is 6.98. The lowest BCUT2D eigenvalue weighted by molar-refractivity contribution is -0.143. The number of ketones is 1. The maximum absolute atomic E-state index is 12.4. The van der Waals surface area contributed by atoms with E-state index in [4.69, 9.17) is 9.47 Å². The van der Waals surface area contributed by atoms with Crippen molar-refractivity contribution in [1.29, 1.82) is 0 Å². The van der Waals surface area contributed by atoms with Gasteiger partial charge >= 0.3 is 5.97 Å². The first-order valence-corrected chi connectivity index (χ1v) is 9.52. The van der Waals surface area contributed by atoms with Gasteiger partial charge in [0.25, 0.3) is 0 Å². The average molecular weight is 405 g/mol. The highest BCUT2D eigenvalue weighted by atomic mass is 16.5. The Morgan fingerprint density at radius 2 is 1.60 bits per heavy atom. The average Bonchev–Trinajstić information content (AvgIpc) is 2.76. The lowest BCUT2D eigenvalue weighted by Crippen LogP contribution is -2.18. The molecule has 6 heteroatoms. The van der Waals surface area contributed by atoms with Crippen molar-refractivity contribution < 1.29 is 23.9 Å². The van der Waals surface area contributed by atoms with Crippen LogP contribution in [0.5, 0.6) is 5.75 Å². The third-order valence-electron chi connectivity index (χ3n) is 4.80. The van der Waals surface area contributed by atoms with Crippen LogP contribution in [-0.2, 0) is 14.3 Å². The molecule has 3 rings (SSSR count). The van der Waals surface area contributed by atoms with Gasteiger partial charge < -0.3 is 14.8 Å². The molecule has 1 N–H and O–H groups in total. The lowest BCUT2D eigenvalue weighted by atomic mass is 9.98. The van der Waals surface area contributed by atoms with Crippen molar-refractivity contribution in [3.63, 3.8) is 0 Å². The van der Waals surface area contributed by atoms with Gasteiger partial charge in [-0.25, -0.2) is 0 Å². The molecule has 0 aliphatic heterocycles. The molecule has 0 aliphatic carbocycles. The molecule has 0 heterocycles. The second kappa shape index (κ2) is 9.22. The number of amides is 1. The zero-order valence-electron chi connectivity index (χ0n) is 17.1. The van der Waals surface area contributed by atoms with Gasteiger partial charge in [0.05, 0.1) is 13.0 Å². The summed E-state index contributed by atoms with van der Waals surface area (Å²) >= 11 is 0. The van der Waals surface area contributed by atoms with Crippen molar-refractivity contribution in [1.82, 2.24) is 0 Å². The maximum atomic E-state index is 12.4. The number of carbonyl (C=O) groups is 3. The SMILES string of the molecule is COc1ccc2cc([C@H](C)C(=O)OCC(=O)c3ccc(NC(C)=O)cc3)ccc2c1. The zero-order valence-corrected chi connectivity index (χ0v) is 17.1. The number of hydrogen-bond donors (Lipinski definition) is 1. The highest BCUT2D eigenvalue weighted by Crippen LogP contribution is 2.25. The number of methoxy groups -OCH3 is 1. The molecule has 3 aromatic carbocycles. The molecule has 0 radical (unpaired) electrons. The van der Waals surface area contributed by atoms with E-state index in [9.17, 15) is 14.4 Å². The molecule has 0 saturated heterocycles. The Morgan fingerprint density at radius 1 is 0.933 bits per heavy atom. The molecule has 6 nitrogen and oxygen atoms in total. The van der Waals surface area contributed by atoms with Crippen LogP contribution in [0.2, 0.25) is 0 Å². The summed E-state index contributed by atoms with van der Waals surface area (Å²) in [5, 5.41) is 4.63. The Hall–Kier alpha value is -3.67. The van der Waals surface area contributed by atoms with Crippen LogP contribution in [-0.4, -0.2) is 31.4 Å². The lowest BCUT2D eigenvalue weighted by Gasteiger charge is -2.13. The minimum absolute atomic E-state index is 0.190. The number of hydrogen-bond acceptors (Lipinski definition) is 5. The molecule has 1 atom stereocenters. The smallest absolute Gasteiger partial charge is 0.313 e. The van der Waals surface area contributed by atoms with E-state index >= 15 is 0 Å². The molecule has 0 unspecified atom stereocenters. The second-order valence-corrected chi connectivity index (χ2v) is 6.98. The molecular weight excluding hydrogens is 382 g/mol. The van der Waals surface area contributed by atoms with Gasteiger partial charge in [0.2, 0.25) is 5.91 Å². The molecular formula is C24H23NO5. The van der Waals surface area contributed by atoms with Gasteiger partial charge in [-0.15, -0.1) is 0 Å². The third-order valence-corrected chi connectivity index (χ3v) is 4.80. The van der Waals surface area contributed by atoms with Crippen LogP contribution in [0.1, 0.15) is 35.7 Å². The fourth-order valence-corrected chi connectivity index (χ4v) is 3.06. The van der Waals surface area contributed by atoms with E-state index in [1.807, 2.05) is 36.4 Å². The minimum Gasteiger partial charge on any atom is -0.497 e. The van der Waals surface area contributed by atoms with Gasteiger partial charge in [0.1, 0.15) is 5.75 Å². The van der Waals surface area contributed by atoms with Crippen LogP contribution < -0.4 is 10.1 Å². The number of anilines is 1. The van der Waals surface area contributed by atoms with Crippen molar-refractivity contribution in [2.45, 2.75) is 19.8 Å². The maximum Gasteiger partial charge on any atom is 0.313 e. The van der Waals surface area contributed by atoms with Crippen molar-refractivity contribution in [2.24, 2.45) is 0 Å². The van der Waals surface area contributed by atoms with Gasteiger partial charge in [-0.3, -0.25) is 14.4 Å². The number of ether oxygens (including phenoxy) is 2. The fourth-order valence-electron chi connectivity index (χ4n) is 3.06. The van der Waals surface area contributed by atoms with Crippen molar-refractivity contribution in [3.8, 4) is 5.75 Å². The first kappa shape index (κ1) is 21.0. The Balaban J connectivity index is 1.61. The number of Topliss-reactive ketones (excluding diaryl/α,β-unsaturated/α-hetero) is 1. The van der Waals surface area contributed by atoms with E-state index < -0.39 is 11.9 Å². The molecule has 1 amide bonds. The van der Waals surface area contributed by atoms with Crippen LogP contribution in [0.4, 0.5) is 5.69 Å². The monoisotopic (exact) mass is 405 g/mol. The van der Waals surface area contributed by atoms with Gasteiger partial charge in [-0.05, 0) is 59.7 Å². The molecule has 0 saturated carbocycles. The molecule has 0 aromatic heterocycles.